The summed E-state index contributed by atoms with van der Waals surface area (Å²) >= 11 is 6.39. The summed E-state index contributed by atoms with van der Waals surface area (Å²) in [4.78, 5) is 36.2. The first-order chi connectivity index (χ1) is 17.4. The lowest BCUT2D eigenvalue weighted by Crippen LogP contribution is -2.55. The largest absolute Gasteiger partial charge is 0.462 e. The van der Waals surface area contributed by atoms with Crippen molar-refractivity contribution in [1.29, 1.82) is 0 Å². The van der Waals surface area contributed by atoms with E-state index in [-0.39, 0.29) is 24.5 Å². The van der Waals surface area contributed by atoms with Gasteiger partial charge in [0.15, 0.2) is 12.2 Å². The van der Waals surface area contributed by atoms with Gasteiger partial charge in [0.2, 0.25) is 6.29 Å². The van der Waals surface area contributed by atoms with Gasteiger partial charge in [-0.15, -0.1) is 11.6 Å². The normalized spacial score (nSPS) is 37.5. The van der Waals surface area contributed by atoms with Crippen LogP contribution in [-0.4, -0.2) is 77.4 Å². The molecule has 4 aliphatic rings. The number of epoxide rings is 2. The number of ether oxygens (including phenoxy) is 6. The van der Waals surface area contributed by atoms with Gasteiger partial charge in [0.25, 0.3) is 0 Å². The number of alkyl halides is 1. The van der Waals surface area contributed by atoms with Crippen LogP contribution in [0.25, 0.3) is 0 Å². The van der Waals surface area contributed by atoms with Crippen molar-refractivity contribution < 1.29 is 47.9 Å². The van der Waals surface area contributed by atoms with Crippen molar-refractivity contribution in [3.63, 3.8) is 0 Å². The lowest BCUT2D eigenvalue weighted by Gasteiger charge is -2.46. The summed E-state index contributed by atoms with van der Waals surface area (Å²) in [7, 11) is 0. The Labute approximate surface area is 221 Å². The van der Waals surface area contributed by atoms with E-state index >= 15 is 0 Å². The summed E-state index contributed by atoms with van der Waals surface area (Å²) in [6.45, 7) is 7.99. The van der Waals surface area contributed by atoms with Crippen LogP contribution in [0.4, 0.5) is 0 Å². The predicted molar refractivity (Wildman–Crippen MR) is 129 cm³/mol. The van der Waals surface area contributed by atoms with Crippen molar-refractivity contribution in [3.8, 4) is 0 Å². The molecule has 3 fully saturated rings. The third-order valence-electron chi connectivity index (χ3n) is 7.40. The van der Waals surface area contributed by atoms with Gasteiger partial charge >= 0.3 is 17.9 Å². The van der Waals surface area contributed by atoms with Crippen molar-refractivity contribution in [3.05, 3.63) is 23.5 Å². The van der Waals surface area contributed by atoms with E-state index in [4.69, 9.17) is 40.0 Å². The van der Waals surface area contributed by atoms with Gasteiger partial charge in [-0.3, -0.25) is 14.4 Å². The third-order valence-corrected chi connectivity index (χ3v) is 7.86. The molecule has 9 atom stereocenters. The van der Waals surface area contributed by atoms with Crippen molar-refractivity contribution in [2.24, 2.45) is 11.8 Å². The zero-order valence-corrected chi connectivity index (χ0v) is 22.5. The highest BCUT2D eigenvalue weighted by atomic mass is 35.5. The molecule has 1 N–H and O–H groups in total. The Kier molecular flexibility index (Phi) is 7.95. The molecule has 9 unspecified atom stereocenters. The molecule has 2 saturated heterocycles. The van der Waals surface area contributed by atoms with Crippen molar-refractivity contribution >= 4 is 29.5 Å². The standard InChI is InChI=1S/C26H35ClO10/c1-13(2)8-19(34-14(3)28)22(35-15(4)29)18-10-32-24(36-16(5)30)21-17(18)6-7-26(12-33-26)23-20(37-23)9-25(21,31)11-27/h8,10,17,19-24,31H,6-7,9,11-12H2,1-5H3. The molecule has 0 radical (unpaired) electrons. The van der Waals surface area contributed by atoms with Gasteiger partial charge in [0, 0.05) is 32.8 Å². The molecular weight excluding hydrogens is 508 g/mol. The zero-order chi connectivity index (χ0) is 27.1. The predicted octanol–water partition coefficient (Wildman–Crippen LogP) is 2.54. The second-order valence-corrected chi connectivity index (χ2v) is 10.9. The highest BCUT2D eigenvalue weighted by Gasteiger charge is 2.67. The Morgan fingerprint density at radius 1 is 1.16 bits per heavy atom. The fourth-order valence-corrected chi connectivity index (χ4v) is 6.06. The fourth-order valence-electron chi connectivity index (χ4n) is 5.77. The molecule has 0 amide bonds. The van der Waals surface area contributed by atoms with E-state index in [1.54, 1.807) is 6.08 Å². The Morgan fingerprint density at radius 3 is 2.38 bits per heavy atom. The van der Waals surface area contributed by atoms with Crippen LogP contribution in [0, 0.1) is 11.8 Å². The number of hydrogen-bond donors (Lipinski definition) is 1. The maximum atomic E-state index is 12.2. The number of esters is 3. The van der Waals surface area contributed by atoms with E-state index in [0.29, 0.717) is 25.0 Å². The fraction of sp³-hybridized carbons (Fsp3) is 0.731. The Morgan fingerprint density at radius 2 is 1.84 bits per heavy atom. The maximum absolute atomic E-state index is 12.2. The zero-order valence-electron chi connectivity index (χ0n) is 21.7. The summed E-state index contributed by atoms with van der Waals surface area (Å²) in [5.74, 6) is -3.25. The molecule has 0 aromatic carbocycles. The van der Waals surface area contributed by atoms with Gasteiger partial charge < -0.3 is 33.5 Å². The van der Waals surface area contributed by atoms with E-state index in [0.717, 1.165) is 5.57 Å². The van der Waals surface area contributed by atoms with Crippen LogP contribution < -0.4 is 0 Å². The van der Waals surface area contributed by atoms with Crippen LogP contribution in [0.2, 0.25) is 0 Å². The number of hydrogen-bond acceptors (Lipinski definition) is 10. The number of halogens is 1. The minimum Gasteiger partial charge on any atom is -0.462 e. The Hall–Kier alpha value is -2.14. The van der Waals surface area contributed by atoms with E-state index in [1.165, 1.54) is 27.0 Å². The minimum atomic E-state index is -1.56. The molecule has 0 aromatic heterocycles. The first-order valence-corrected chi connectivity index (χ1v) is 13.0. The van der Waals surface area contributed by atoms with Gasteiger partial charge in [-0.1, -0.05) is 5.57 Å². The summed E-state index contributed by atoms with van der Waals surface area (Å²) < 4.78 is 34.4. The van der Waals surface area contributed by atoms with Gasteiger partial charge in [-0.25, -0.2) is 0 Å². The molecular formula is C26H35ClO10. The SMILES string of the molecule is CC(=O)OC(C=C(C)C)C(OC(C)=O)C1=COC(OC(C)=O)C2C1CCC1(CO1)C1OC1CC2(O)CCl. The molecule has 1 spiro atoms. The second kappa shape index (κ2) is 10.6. The highest BCUT2D eigenvalue weighted by Crippen LogP contribution is 2.55. The number of rotatable bonds is 7. The van der Waals surface area contributed by atoms with Crippen LogP contribution in [0.5, 0.6) is 0 Å². The number of allylic oxidation sites excluding steroid dienone is 1. The van der Waals surface area contributed by atoms with Gasteiger partial charge in [-0.05, 0) is 38.7 Å². The molecule has 0 aromatic rings. The molecule has 3 aliphatic heterocycles. The maximum Gasteiger partial charge on any atom is 0.305 e. The summed E-state index contributed by atoms with van der Waals surface area (Å²) in [6.07, 6.45) is 0.747. The number of aliphatic hydroxyl groups is 1. The van der Waals surface area contributed by atoms with E-state index in [9.17, 15) is 19.5 Å². The van der Waals surface area contributed by atoms with Crippen LogP contribution in [0.1, 0.15) is 53.9 Å². The van der Waals surface area contributed by atoms with Crippen molar-refractivity contribution in [1.82, 2.24) is 0 Å². The molecule has 10 nitrogen and oxygen atoms in total. The first kappa shape index (κ1) is 27.9. The third kappa shape index (κ3) is 5.97. The summed E-state index contributed by atoms with van der Waals surface area (Å²) in [5, 5.41) is 11.9. The van der Waals surface area contributed by atoms with Crippen LogP contribution >= 0.6 is 11.6 Å². The summed E-state index contributed by atoms with van der Waals surface area (Å²) in [5.41, 5.74) is -0.688. The average Bonchev–Trinajstić information content (AvgIpc) is 3.70. The van der Waals surface area contributed by atoms with Gasteiger partial charge in [0.05, 0.1) is 36.4 Å². The molecule has 206 valence electrons. The van der Waals surface area contributed by atoms with Crippen molar-refractivity contribution in [2.75, 3.05) is 12.5 Å². The highest BCUT2D eigenvalue weighted by molar-refractivity contribution is 6.18. The van der Waals surface area contributed by atoms with E-state index in [2.05, 4.69) is 0 Å². The van der Waals surface area contributed by atoms with Crippen LogP contribution in [0.3, 0.4) is 0 Å². The number of fused-ring (bicyclic) bond motifs is 3. The molecule has 1 saturated carbocycles. The van der Waals surface area contributed by atoms with E-state index < -0.39 is 59.4 Å². The smallest absolute Gasteiger partial charge is 0.305 e. The Bertz CT molecular complexity index is 984. The topological polar surface area (TPSA) is 133 Å². The van der Waals surface area contributed by atoms with Gasteiger partial charge in [0.1, 0.15) is 11.7 Å². The quantitative estimate of drug-likeness (QED) is 0.168. The molecule has 11 heteroatoms. The Balaban J connectivity index is 1.81. The number of carbonyl (C=O) groups is 3. The van der Waals surface area contributed by atoms with Crippen molar-refractivity contribution in [2.45, 2.75) is 95.8 Å². The monoisotopic (exact) mass is 542 g/mol. The summed E-state index contributed by atoms with van der Waals surface area (Å²) in [6, 6.07) is 0. The molecule has 1 aliphatic carbocycles. The molecule has 3 heterocycles. The lowest BCUT2D eigenvalue weighted by molar-refractivity contribution is -0.213. The van der Waals surface area contributed by atoms with Gasteiger partial charge in [-0.2, -0.15) is 0 Å². The van der Waals surface area contributed by atoms with E-state index in [1.807, 2.05) is 13.8 Å². The first-order valence-electron chi connectivity index (χ1n) is 12.5. The lowest BCUT2D eigenvalue weighted by atomic mass is 9.69. The molecule has 4 rings (SSSR count). The average molecular weight is 543 g/mol. The molecule has 0 bridgehead atoms. The second-order valence-electron chi connectivity index (χ2n) is 10.6. The molecule has 37 heavy (non-hydrogen) atoms. The van der Waals surface area contributed by atoms with Crippen LogP contribution in [-0.2, 0) is 42.8 Å². The van der Waals surface area contributed by atoms with Crippen LogP contribution in [0.15, 0.2) is 23.5 Å². The minimum absolute atomic E-state index is 0.161. The number of carbonyl (C=O) groups excluding carboxylic acids is 3.